The zero-order chi connectivity index (χ0) is 17.7. The smallest absolute Gasteiger partial charge is 0.326 e. The van der Waals surface area contributed by atoms with Crippen molar-refractivity contribution >= 4 is 40.3 Å². The highest BCUT2D eigenvalue weighted by molar-refractivity contribution is 8.13. The minimum atomic E-state index is -1.15. The number of nitro groups is 1. The van der Waals surface area contributed by atoms with Gasteiger partial charge >= 0.3 is 5.97 Å². The molecule has 0 bridgehead atoms. The van der Waals surface area contributed by atoms with Crippen LogP contribution in [0.4, 0.5) is 16.2 Å². The lowest BCUT2D eigenvalue weighted by Gasteiger charge is -2.17. The third-order valence-corrected chi connectivity index (χ3v) is 4.09. The number of carbonyl (C=O) groups excluding carboxylic acids is 3. The number of carbonyl (C=O) groups is 3. The van der Waals surface area contributed by atoms with Gasteiger partial charge in [-0.05, 0) is 13.0 Å². The summed E-state index contributed by atoms with van der Waals surface area (Å²) >= 11 is 1.11. The summed E-state index contributed by atoms with van der Waals surface area (Å²) < 4.78 is 4.97. The molecule has 9 nitrogen and oxygen atoms in total. The third-order valence-electron chi connectivity index (χ3n) is 3.20. The number of para-hydroxylation sites is 2. The number of hydrogen-bond acceptors (Lipinski definition) is 7. The molecular formula is C14H15N3O6S. The van der Waals surface area contributed by atoms with Gasteiger partial charge in [0.25, 0.3) is 16.8 Å². The fraction of sp³-hybridized carbons (Fsp3) is 0.357. The van der Waals surface area contributed by atoms with Crippen molar-refractivity contribution in [2.75, 3.05) is 24.2 Å². The molecule has 2 rings (SSSR count). The lowest BCUT2D eigenvalue weighted by atomic mass is 10.2. The van der Waals surface area contributed by atoms with Crippen LogP contribution in [0.5, 0.6) is 0 Å². The Balaban J connectivity index is 1.91. The van der Waals surface area contributed by atoms with E-state index in [0.717, 1.165) is 11.8 Å². The largest absolute Gasteiger partial charge is 0.451 e. The molecule has 10 heteroatoms. The molecule has 0 saturated carbocycles. The highest BCUT2D eigenvalue weighted by Crippen LogP contribution is 2.23. The molecule has 1 fully saturated rings. The molecule has 1 atom stereocenters. The van der Waals surface area contributed by atoms with Crippen LogP contribution in [0.1, 0.15) is 6.92 Å². The summed E-state index contributed by atoms with van der Waals surface area (Å²) in [5, 5.41) is 13.1. The topological polar surface area (TPSA) is 119 Å². The van der Waals surface area contributed by atoms with Crippen LogP contribution in [0, 0.1) is 10.1 Å². The van der Waals surface area contributed by atoms with Gasteiger partial charge in [0.1, 0.15) is 12.2 Å². The molecule has 0 radical (unpaired) electrons. The molecule has 1 aliphatic heterocycles. The van der Waals surface area contributed by atoms with Gasteiger partial charge in [-0.25, -0.2) is 0 Å². The van der Waals surface area contributed by atoms with E-state index in [9.17, 15) is 24.5 Å². The van der Waals surface area contributed by atoms with Crippen LogP contribution in [0.2, 0.25) is 0 Å². The minimum absolute atomic E-state index is 0.0153. The summed E-state index contributed by atoms with van der Waals surface area (Å²) in [6.45, 7) is 1.58. The van der Waals surface area contributed by atoms with Crippen LogP contribution in [0.3, 0.4) is 0 Å². The Morgan fingerprint density at radius 1 is 1.46 bits per heavy atom. The highest BCUT2D eigenvalue weighted by atomic mass is 32.2. The van der Waals surface area contributed by atoms with Crippen molar-refractivity contribution in [2.24, 2.45) is 0 Å². The van der Waals surface area contributed by atoms with Gasteiger partial charge in [-0.2, -0.15) is 0 Å². The van der Waals surface area contributed by atoms with Gasteiger partial charge in [-0.1, -0.05) is 23.9 Å². The molecule has 1 N–H and O–H groups in total. The molecule has 0 aliphatic carbocycles. The van der Waals surface area contributed by atoms with E-state index in [1.807, 2.05) is 0 Å². The number of amides is 2. The number of thioether (sulfide) groups is 1. The van der Waals surface area contributed by atoms with Gasteiger partial charge in [0.05, 0.1) is 4.92 Å². The maximum atomic E-state index is 12.0. The van der Waals surface area contributed by atoms with E-state index in [-0.39, 0.29) is 23.2 Å². The average Bonchev–Trinajstić information content (AvgIpc) is 2.92. The predicted molar refractivity (Wildman–Crippen MR) is 86.7 cm³/mol. The molecule has 24 heavy (non-hydrogen) atoms. The van der Waals surface area contributed by atoms with Crippen molar-refractivity contribution in [1.29, 1.82) is 0 Å². The Hall–Kier alpha value is -2.62. The Bertz CT molecular complexity index is 680. The van der Waals surface area contributed by atoms with Gasteiger partial charge in [-0.3, -0.25) is 24.5 Å². The predicted octanol–water partition coefficient (Wildman–Crippen LogP) is 1.63. The van der Waals surface area contributed by atoms with Gasteiger partial charge in [-0.15, -0.1) is 0 Å². The van der Waals surface area contributed by atoms with Crippen LogP contribution in [0.25, 0.3) is 0 Å². The fourth-order valence-corrected chi connectivity index (χ4v) is 2.81. The van der Waals surface area contributed by atoms with Crippen LogP contribution in [-0.2, 0) is 14.3 Å². The molecule has 1 saturated heterocycles. The lowest BCUT2D eigenvalue weighted by molar-refractivity contribution is -0.383. The van der Waals surface area contributed by atoms with Crippen LogP contribution in [0.15, 0.2) is 24.3 Å². The van der Waals surface area contributed by atoms with Crippen molar-refractivity contribution < 1.29 is 24.0 Å². The van der Waals surface area contributed by atoms with Crippen molar-refractivity contribution in [3.05, 3.63) is 34.4 Å². The number of benzene rings is 1. The molecule has 128 valence electrons. The normalized spacial score (nSPS) is 15.0. The SMILES string of the molecule is C[C@@H](OC(=O)CN1CCSC1=O)C(=O)Nc1ccccc1[N+](=O)[O-]. The molecule has 0 aromatic heterocycles. The zero-order valence-electron chi connectivity index (χ0n) is 12.8. The van der Waals surface area contributed by atoms with Crippen molar-refractivity contribution in [2.45, 2.75) is 13.0 Å². The number of hydrogen-bond donors (Lipinski definition) is 1. The molecule has 1 aromatic rings. The van der Waals surface area contributed by atoms with Gasteiger partial charge in [0, 0.05) is 18.4 Å². The molecule has 2 amide bonds. The van der Waals surface area contributed by atoms with E-state index in [2.05, 4.69) is 5.32 Å². The third kappa shape index (κ3) is 4.44. The number of nitrogens with zero attached hydrogens (tertiary/aromatic N) is 2. The first-order valence-corrected chi connectivity index (χ1v) is 8.02. The lowest BCUT2D eigenvalue weighted by Crippen LogP contribution is -2.36. The number of ether oxygens (including phenoxy) is 1. The first kappa shape index (κ1) is 17.7. The van der Waals surface area contributed by atoms with E-state index in [1.54, 1.807) is 0 Å². The standard InChI is InChI=1S/C14H15N3O6S/c1-9(23-12(18)8-16-6-7-24-14(16)20)13(19)15-10-4-2-3-5-11(10)17(21)22/h2-5,9H,6-8H2,1H3,(H,15,19)/t9-/m1/s1. The van der Waals surface area contributed by atoms with E-state index >= 15 is 0 Å². The van der Waals surface area contributed by atoms with Crippen LogP contribution < -0.4 is 5.32 Å². The number of nitrogens with one attached hydrogen (secondary N) is 1. The van der Waals surface area contributed by atoms with E-state index < -0.39 is 22.9 Å². The van der Waals surface area contributed by atoms with Crippen molar-refractivity contribution in [3.63, 3.8) is 0 Å². The number of esters is 1. The second kappa shape index (κ2) is 7.77. The van der Waals surface area contributed by atoms with Gasteiger partial charge in [0.2, 0.25) is 0 Å². The first-order valence-electron chi connectivity index (χ1n) is 7.04. The molecule has 1 aliphatic rings. The van der Waals surface area contributed by atoms with Gasteiger partial charge in [0.15, 0.2) is 6.10 Å². The summed E-state index contributed by atoms with van der Waals surface area (Å²) in [5.74, 6) is -0.796. The summed E-state index contributed by atoms with van der Waals surface area (Å²) in [6, 6.07) is 5.64. The molecule has 1 aromatic carbocycles. The number of nitro benzene ring substituents is 1. The quantitative estimate of drug-likeness (QED) is 0.469. The van der Waals surface area contributed by atoms with E-state index in [0.29, 0.717) is 12.3 Å². The number of rotatable bonds is 6. The van der Waals surface area contributed by atoms with Crippen LogP contribution >= 0.6 is 11.8 Å². The summed E-state index contributed by atoms with van der Waals surface area (Å²) in [5.41, 5.74) is -0.245. The Morgan fingerprint density at radius 3 is 2.79 bits per heavy atom. The average molecular weight is 353 g/mol. The highest BCUT2D eigenvalue weighted by Gasteiger charge is 2.26. The first-order chi connectivity index (χ1) is 11.4. The maximum Gasteiger partial charge on any atom is 0.326 e. The molecule has 0 spiro atoms. The second-order valence-electron chi connectivity index (χ2n) is 4.93. The summed E-state index contributed by atoms with van der Waals surface area (Å²) in [7, 11) is 0. The van der Waals surface area contributed by atoms with E-state index in [4.69, 9.17) is 4.74 Å². The Kier molecular flexibility index (Phi) is 5.74. The zero-order valence-corrected chi connectivity index (χ0v) is 13.6. The monoisotopic (exact) mass is 353 g/mol. The van der Waals surface area contributed by atoms with Crippen molar-refractivity contribution in [3.8, 4) is 0 Å². The molecule has 1 heterocycles. The Labute approximate surface area is 141 Å². The summed E-state index contributed by atoms with van der Waals surface area (Å²) in [4.78, 5) is 46.8. The van der Waals surface area contributed by atoms with Gasteiger partial charge < -0.3 is 15.0 Å². The minimum Gasteiger partial charge on any atom is -0.451 e. The second-order valence-corrected chi connectivity index (χ2v) is 5.98. The fourth-order valence-electron chi connectivity index (χ4n) is 1.99. The van der Waals surface area contributed by atoms with E-state index in [1.165, 1.54) is 36.1 Å². The Morgan fingerprint density at radius 2 is 2.17 bits per heavy atom. The van der Waals surface area contributed by atoms with Crippen LogP contribution in [-0.4, -0.2) is 51.9 Å². The number of anilines is 1. The summed E-state index contributed by atoms with van der Waals surface area (Å²) in [6.07, 6.45) is -1.15. The molecule has 0 unspecified atom stereocenters. The maximum absolute atomic E-state index is 12.0. The molecular weight excluding hydrogens is 338 g/mol. The van der Waals surface area contributed by atoms with Crippen molar-refractivity contribution in [1.82, 2.24) is 4.90 Å².